The lowest BCUT2D eigenvalue weighted by Gasteiger charge is -2.20. The average Bonchev–Trinajstić information content (AvgIpc) is 2.70. The van der Waals surface area contributed by atoms with Gasteiger partial charge >= 0.3 is 5.97 Å². The van der Waals surface area contributed by atoms with Crippen molar-refractivity contribution in [1.29, 1.82) is 0 Å². The Balaban J connectivity index is 2.86. The van der Waals surface area contributed by atoms with Crippen LogP contribution < -0.4 is 0 Å². The summed E-state index contributed by atoms with van der Waals surface area (Å²) in [5.74, 6) is -0.926. The third-order valence-corrected chi connectivity index (χ3v) is 3.57. The van der Waals surface area contributed by atoms with E-state index < -0.39 is 5.97 Å². The lowest BCUT2D eigenvalue weighted by Crippen LogP contribution is -2.20. The Bertz CT molecular complexity index is 612. The average molecular weight is 246 g/mol. The Morgan fingerprint density at radius 1 is 1.50 bits per heavy atom. The van der Waals surface area contributed by atoms with Crippen LogP contribution in [0, 0.1) is 6.92 Å². The molecule has 0 saturated heterocycles. The normalized spacial score (nSPS) is 12.0. The fourth-order valence-corrected chi connectivity index (χ4v) is 2.05. The zero-order valence-electron chi connectivity index (χ0n) is 11.2. The van der Waals surface area contributed by atoms with Gasteiger partial charge in [-0.3, -0.25) is 4.40 Å². The van der Waals surface area contributed by atoms with Crippen molar-refractivity contribution in [2.24, 2.45) is 0 Å². The molecule has 0 aliphatic heterocycles. The summed E-state index contributed by atoms with van der Waals surface area (Å²) in [5.41, 5.74) is 2.41. The number of fused-ring (bicyclic) bond motifs is 1. The molecule has 4 heteroatoms. The van der Waals surface area contributed by atoms with E-state index in [0.29, 0.717) is 5.69 Å². The van der Waals surface area contributed by atoms with E-state index in [1.54, 1.807) is 10.6 Å². The number of aromatic carboxylic acids is 1. The molecule has 18 heavy (non-hydrogen) atoms. The Hall–Kier alpha value is -1.84. The first-order valence-electron chi connectivity index (χ1n) is 6.10. The molecule has 96 valence electrons. The molecule has 0 fully saturated rings. The van der Waals surface area contributed by atoms with E-state index in [-0.39, 0.29) is 11.1 Å². The van der Waals surface area contributed by atoms with E-state index >= 15 is 0 Å². The Morgan fingerprint density at radius 3 is 2.72 bits per heavy atom. The van der Waals surface area contributed by atoms with Crippen LogP contribution in [0.15, 0.2) is 18.3 Å². The first kappa shape index (κ1) is 12.6. The summed E-state index contributed by atoms with van der Waals surface area (Å²) in [7, 11) is 0. The van der Waals surface area contributed by atoms with Gasteiger partial charge in [-0.25, -0.2) is 9.78 Å². The van der Waals surface area contributed by atoms with Gasteiger partial charge in [0, 0.05) is 11.6 Å². The third kappa shape index (κ3) is 1.78. The van der Waals surface area contributed by atoms with Crippen molar-refractivity contribution in [3.8, 4) is 0 Å². The summed E-state index contributed by atoms with van der Waals surface area (Å²) in [6, 6.07) is 3.79. The number of pyridine rings is 1. The van der Waals surface area contributed by atoms with Crippen molar-refractivity contribution in [2.75, 3.05) is 0 Å². The molecule has 1 N–H and O–H groups in total. The van der Waals surface area contributed by atoms with Crippen molar-refractivity contribution in [3.63, 3.8) is 0 Å². The molecule has 0 saturated carbocycles. The number of hydrogen-bond acceptors (Lipinski definition) is 2. The highest BCUT2D eigenvalue weighted by Gasteiger charge is 2.30. The largest absolute Gasteiger partial charge is 0.477 e. The fourth-order valence-electron chi connectivity index (χ4n) is 2.05. The van der Waals surface area contributed by atoms with Crippen molar-refractivity contribution < 1.29 is 9.90 Å². The highest BCUT2D eigenvalue weighted by Crippen LogP contribution is 2.30. The molecule has 0 radical (unpaired) electrons. The Labute approximate surface area is 106 Å². The number of carboxylic acids is 1. The minimum absolute atomic E-state index is 0.244. The second-order valence-corrected chi connectivity index (χ2v) is 5.24. The predicted octanol–water partition coefficient (Wildman–Crippen LogP) is 3.03. The molecule has 2 aromatic rings. The van der Waals surface area contributed by atoms with Gasteiger partial charge in [-0.1, -0.05) is 26.8 Å². The maximum absolute atomic E-state index is 11.5. The van der Waals surface area contributed by atoms with Gasteiger partial charge in [-0.15, -0.1) is 0 Å². The van der Waals surface area contributed by atoms with Crippen LogP contribution in [0.2, 0.25) is 0 Å². The maximum Gasteiger partial charge on any atom is 0.354 e. The maximum atomic E-state index is 11.5. The second-order valence-electron chi connectivity index (χ2n) is 5.24. The van der Waals surface area contributed by atoms with Gasteiger partial charge in [0.05, 0.1) is 5.69 Å². The molecule has 0 amide bonds. The molecular formula is C14H18N2O2. The number of carboxylic acid groups (broad SMARTS) is 1. The number of hydrogen-bond donors (Lipinski definition) is 1. The van der Waals surface area contributed by atoms with Crippen LogP contribution in [0.4, 0.5) is 0 Å². The van der Waals surface area contributed by atoms with E-state index in [9.17, 15) is 9.90 Å². The topological polar surface area (TPSA) is 54.6 Å². The van der Waals surface area contributed by atoms with E-state index in [1.807, 2.05) is 39.8 Å². The van der Waals surface area contributed by atoms with Crippen molar-refractivity contribution >= 4 is 11.6 Å². The van der Waals surface area contributed by atoms with Crippen LogP contribution in [-0.4, -0.2) is 20.5 Å². The quantitative estimate of drug-likeness (QED) is 0.905. The fraction of sp³-hybridized carbons (Fsp3) is 0.429. The monoisotopic (exact) mass is 246 g/mol. The van der Waals surface area contributed by atoms with Gasteiger partial charge in [-0.05, 0) is 25.0 Å². The molecular weight excluding hydrogens is 228 g/mol. The van der Waals surface area contributed by atoms with Gasteiger partial charge in [0.25, 0.3) is 0 Å². The minimum Gasteiger partial charge on any atom is -0.477 e. The Morgan fingerprint density at radius 2 is 2.17 bits per heavy atom. The summed E-state index contributed by atoms with van der Waals surface area (Å²) >= 11 is 0. The number of aromatic nitrogens is 2. The van der Waals surface area contributed by atoms with Crippen LogP contribution >= 0.6 is 0 Å². The zero-order chi connectivity index (χ0) is 13.5. The standard InChI is InChI=1S/C14H18N2O2/c1-5-14(3,4)11-10(13(17)18)16-8-6-7-9(2)12(16)15-11/h6-8H,5H2,1-4H3,(H,17,18). The summed E-state index contributed by atoms with van der Waals surface area (Å²) in [5, 5.41) is 9.44. The number of imidazole rings is 1. The van der Waals surface area contributed by atoms with Crippen LogP contribution in [0.5, 0.6) is 0 Å². The molecule has 0 aromatic carbocycles. The van der Waals surface area contributed by atoms with Crippen LogP contribution in [0.25, 0.3) is 5.65 Å². The summed E-state index contributed by atoms with van der Waals surface area (Å²) < 4.78 is 1.67. The summed E-state index contributed by atoms with van der Waals surface area (Å²) in [6.07, 6.45) is 2.60. The zero-order valence-corrected chi connectivity index (χ0v) is 11.2. The van der Waals surface area contributed by atoms with Gasteiger partial charge in [0.1, 0.15) is 5.65 Å². The van der Waals surface area contributed by atoms with Gasteiger partial charge in [0.15, 0.2) is 5.69 Å². The Kier molecular flexibility index (Phi) is 2.89. The predicted molar refractivity (Wildman–Crippen MR) is 70.2 cm³/mol. The van der Waals surface area contributed by atoms with E-state index in [0.717, 1.165) is 17.6 Å². The van der Waals surface area contributed by atoms with E-state index in [1.165, 1.54) is 0 Å². The molecule has 0 atom stereocenters. The van der Waals surface area contributed by atoms with Crippen LogP contribution in [0.3, 0.4) is 0 Å². The SMILES string of the molecule is CCC(C)(C)c1nc2c(C)cccn2c1C(=O)O. The molecule has 0 bridgehead atoms. The van der Waals surface area contributed by atoms with E-state index in [4.69, 9.17) is 0 Å². The minimum atomic E-state index is -0.926. The van der Waals surface area contributed by atoms with E-state index in [2.05, 4.69) is 4.98 Å². The molecule has 2 rings (SSSR count). The number of rotatable bonds is 3. The first-order chi connectivity index (χ1) is 8.38. The van der Waals surface area contributed by atoms with Gasteiger partial charge in [0.2, 0.25) is 0 Å². The van der Waals surface area contributed by atoms with Gasteiger partial charge in [-0.2, -0.15) is 0 Å². The third-order valence-electron chi connectivity index (χ3n) is 3.57. The molecule has 2 aromatic heterocycles. The molecule has 0 spiro atoms. The van der Waals surface area contributed by atoms with Crippen molar-refractivity contribution in [2.45, 2.75) is 39.5 Å². The molecule has 0 unspecified atom stereocenters. The number of aryl methyl sites for hydroxylation is 1. The summed E-state index contributed by atoms with van der Waals surface area (Å²) in [6.45, 7) is 8.03. The van der Waals surface area contributed by atoms with Gasteiger partial charge < -0.3 is 5.11 Å². The second kappa shape index (κ2) is 4.12. The highest BCUT2D eigenvalue weighted by molar-refractivity contribution is 5.89. The lowest BCUT2D eigenvalue weighted by atomic mass is 9.85. The summed E-state index contributed by atoms with van der Waals surface area (Å²) in [4.78, 5) is 16.1. The molecule has 2 heterocycles. The van der Waals surface area contributed by atoms with Crippen molar-refractivity contribution in [1.82, 2.24) is 9.38 Å². The number of carbonyl (C=O) groups is 1. The smallest absolute Gasteiger partial charge is 0.354 e. The highest BCUT2D eigenvalue weighted by atomic mass is 16.4. The molecule has 4 nitrogen and oxygen atoms in total. The number of nitrogens with zero attached hydrogens (tertiary/aromatic N) is 2. The van der Waals surface area contributed by atoms with Crippen LogP contribution in [-0.2, 0) is 5.41 Å². The lowest BCUT2D eigenvalue weighted by molar-refractivity contribution is 0.0686. The molecule has 0 aliphatic carbocycles. The molecule has 0 aliphatic rings. The first-order valence-corrected chi connectivity index (χ1v) is 6.10. The van der Waals surface area contributed by atoms with Crippen LogP contribution in [0.1, 0.15) is 48.9 Å². The van der Waals surface area contributed by atoms with Crippen molar-refractivity contribution in [3.05, 3.63) is 35.3 Å².